The highest BCUT2D eigenvalue weighted by Gasteiger charge is 2.47. The molecule has 150 valence electrons. The highest BCUT2D eigenvalue weighted by molar-refractivity contribution is 8.00. The molecule has 2 heterocycles. The van der Waals surface area contributed by atoms with E-state index < -0.39 is 5.54 Å². The first-order chi connectivity index (χ1) is 14.0. The van der Waals surface area contributed by atoms with E-state index in [4.69, 9.17) is 11.6 Å². The van der Waals surface area contributed by atoms with E-state index in [1.807, 2.05) is 29.6 Å². The normalized spacial score (nSPS) is 19.4. The molecule has 1 aliphatic carbocycles. The molecule has 0 bridgehead atoms. The average molecular weight is 446 g/mol. The Labute approximate surface area is 182 Å². The molecule has 0 aliphatic heterocycles. The summed E-state index contributed by atoms with van der Waals surface area (Å²) >= 11 is 9.39. The Kier molecular flexibility index (Phi) is 5.90. The van der Waals surface area contributed by atoms with Gasteiger partial charge in [-0.25, -0.2) is 9.97 Å². The van der Waals surface area contributed by atoms with Crippen molar-refractivity contribution in [2.45, 2.75) is 36.2 Å². The Bertz CT molecular complexity index is 1070. The minimum absolute atomic E-state index is 0.0555. The molecule has 5 nitrogen and oxygen atoms in total. The first-order valence-corrected chi connectivity index (χ1v) is 11.6. The molecule has 0 N–H and O–H groups in total. The summed E-state index contributed by atoms with van der Waals surface area (Å²) in [4.78, 5) is 37.4. The highest BCUT2D eigenvalue weighted by Crippen LogP contribution is 2.42. The molecule has 0 radical (unpaired) electrons. The van der Waals surface area contributed by atoms with Gasteiger partial charge in [-0.15, -0.1) is 11.3 Å². The molecule has 1 saturated carbocycles. The molecule has 0 unspecified atom stereocenters. The lowest BCUT2D eigenvalue weighted by molar-refractivity contribution is -0.146. The van der Waals surface area contributed by atoms with Crippen molar-refractivity contribution in [3.8, 4) is 0 Å². The van der Waals surface area contributed by atoms with Gasteiger partial charge in [0.15, 0.2) is 5.78 Å². The van der Waals surface area contributed by atoms with Crippen LogP contribution in [0.15, 0.2) is 47.1 Å². The summed E-state index contributed by atoms with van der Waals surface area (Å²) in [5.41, 5.74) is -0.285. The summed E-state index contributed by atoms with van der Waals surface area (Å²) in [6.45, 7) is 0. The SMILES string of the molecule is CN(C(=O)CSc1ncnc2sccc12)[C@@]1(c2ccccc2Cl)CCCCC1=O. The highest BCUT2D eigenvalue weighted by atomic mass is 35.5. The number of rotatable bonds is 5. The van der Waals surface area contributed by atoms with E-state index >= 15 is 0 Å². The maximum atomic E-state index is 13.2. The van der Waals surface area contributed by atoms with Gasteiger partial charge in [-0.3, -0.25) is 9.59 Å². The predicted molar refractivity (Wildman–Crippen MR) is 118 cm³/mol. The zero-order chi connectivity index (χ0) is 20.4. The number of Topliss-reactive ketones (excluding diaryl/α,β-unsaturated/α-hetero) is 1. The molecular formula is C21H20ClN3O2S2. The van der Waals surface area contributed by atoms with Gasteiger partial charge in [0.25, 0.3) is 0 Å². The number of halogens is 1. The average Bonchev–Trinajstić information content (AvgIpc) is 3.22. The maximum Gasteiger partial charge on any atom is 0.233 e. The van der Waals surface area contributed by atoms with Crippen molar-refractivity contribution in [3.63, 3.8) is 0 Å². The molecule has 2 aromatic heterocycles. The van der Waals surface area contributed by atoms with Crippen molar-refractivity contribution in [2.75, 3.05) is 12.8 Å². The van der Waals surface area contributed by atoms with Gasteiger partial charge in [0.2, 0.25) is 5.91 Å². The number of amides is 1. The van der Waals surface area contributed by atoms with Gasteiger partial charge in [-0.05, 0) is 36.8 Å². The standard InChI is InChI=1S/C21H20ClN3O2S2/c1-25(18(27)12-29-20-14-9-11-28-19(14)23-13-24-20)21(10-5-4-8-17(21)26)15-6-2-3-7-16(15)22/h2-3,6-7,9,11,13H,4-5,8,10,12H2,1H3/t21-/m1/s1. The summed E-state index contributed by atoms with van der Waals surface area (Å²) in [7, 11) is 1.72. The summed E-state index contributed by atoms with van der Waals surface area (Å²) < 4.78 is 0. The van der Waals surface area contributed by atoms with E-state index in [9.17, 15) is 9.59 Å². The number of thioether (sulfide) groups is 1. The second kappa shape index (κ2) is 8.42. The fourth-order valence-corrected chi connectivity index (χ4v) is 5.94. The minimum atomic E-state index is -1.00. The Morgan fingerprint density at radius 3 is 2.90 bits per heavy atom. The predicted octanol–water partition coefficient (Wildman–Crippen LogP) is 4.93. The molecule has 29 heavy (non-hydrogen) atoms. The van der Waals surface area contributed by atoms with Crippen molar-refractivity contribution in [1.29, 1.82) is 0 Å². The first-order valence-electron chi connectivity index (χ1n) is 9.40. The van der Waals surface area contributed by atoms with Crippen LogP contribution in [0.1, 0.15) is 31.2 Å². The molecule has 1 amide bonds. The molecule has 4 rings (SSSR count). The van der Waals surface area contributed by atoms with Crippen molar-refractivity contribution < 1.29 is 9.59 Å². The summed E-state index contributed by atoms with van der Waals surface area (Å²) in [5.74, 6) is 0.130. The van der Waals surface area contributed by atoms with E-state index in [1.54, 1.807) is 29.4 Å². The van der Waals surface area contributed by atoms with Gasteiger partial charge in [-0.1, -0.05) is 41.6 Å². The van der Waals surface area contributed by atoms with Crippen molar-refractivity contribution in [3.05, 3.63) is 52.6 Å². The minimum Gasteiger partial charge on any atom is -0.328 e. The summed E-state index contributed by atoms with van der Waals surface area (Å²) in [5, 5.41) is 4.21. The van der Waals surface area contributed by atoms with E-state index in [-0.39, 0.29) is 17.4 Å². The number of likely N-dealkylation sites (N-methyl/N-ethyl adjacent to an activating group) is 1. The van der Waals surface area contributed by atoms with Crippen LogP contribution in [0.4, 0.5) is 0 Å². The van der Waals surface area contributed by atoms with Gasteiger partial charge in [0.1, 0.15) is 21.7 Å². The van der Waals surface area contributed by atoms with Crippen molar-refractivity contribution in [2.24, 2.45) is 0 Å². The van der Waals surface area contributed by atoms with Gasteiger partial charge < -0.3 is 4.90 Å². The third-order valence-corrected chi connectivity index (χ3v) is 7.62. The third kappa shape index (κ3) is 3.67. The van der Waals surface area contributed by atoms with Crippen LogP contribution < -0.4 is 0 Å². The number of carbonyl (C=O) groups excluding carboxylic acids is 2. The fourth-order valence-electron chi connectivity index (χ4n) is 3.95. The van der Waals surface area contributed by atoms with E-state index in [0.29, 0.717) is 17.9 Å². The van der Waals surface area contributed by atoms with Gasteiger partial charge in [0, 0.05) is 29.4 Å². The number of fused-ring (bicyclic) bond motifs is 1. The lowest BCUT2D eigenvalue weighted by Crippen LogP contribution is -2.54. The van der Waals surface area contributed by atoms with Crippen LogP contribution in [0, 0.1) is 0 Å². The smallest absolute Gasteiger partial charge is 0.233 e. The Balaban J connectivity index is 1.61. The van der Waals surface area contributed by atoms with Crippen LogP contribution >= 0.6 is 34.7 Å². The molecule has 0 saturated heterocycles. The largest absolute Gasteiger partial charge is 0.328 e. The molecule has 0 spiro atoms. The number of thiophene rings is 1. The van der Waals surface area contributed by atoms with Crippen LogP contribution in [-0.4, -0.2) is 39.4 Å². The number of carbonyl (C=O) groups is 2. The number of hydrogen-bond donors (Lipinski definition) is 0. The Hall–Kier alpha value is -1.96. The molecule has 1 atom stereocenters. The second-order valence-corrected chi connectivity index (χ2v) is 9.30. The monoisotopic (exact) mass is 445 g/mol. The topological polar surface area (TPSA) is 63.2 Å². The van der Waals surface area contributed by atoms with Gasteiger partial charge in [0.05, 0.1) is 5.75 Å². The maximum absolute atomic E-state index is 13.2. The lowest BCUT2D eigenvalue weighted by Gasteiger charge is -2.44. The summed E-state index contributed by atoms with van der Waals surface area (Å²) in [6, 6.07) is 9.31. The molecular weight excluding hydrogens is 426 g/mol. The zero-order valence-corrected chi connectivity index (χ0v) is 18.3. The van der Waals surface area contributed by atoms with Crippen LogP contribution in [0.5, 0.6) is 0 Å². The lowest BCUT2D eigenvalue weighted by atomic mass is 9.74. The van der Waals surface area contributed by atoms with Gasteiger partial charge in [-0.2, -0.15) is 0 Å². The summed E-state index contributed by atoms with van der Waals surface area (Å²) in [6.07, 6.45) is 4.29. The number of hydrogen-bond acceptors (Lipinski definition) is 6. The number of ketones is 1. The molecule has 1 aliphatic rings. The molecule has 1 aromatic carbocycles. The van der Waals surface area contributed by atoms with E-state index in [2.05, 4.69) is 9.97 Å². The van der Waals surface area contributed by atoms with Crippen LogP contribution in [0.3, 0.4) is 0 Å². The second-order valence-electron chi connectivity index (χ2n) is 7.03. The first kappa shape index (κ1) is 20.3. The number of nitrogens with zero attached hydrogens (tertiary/aromatic N) is 3. The van der Waals surface area contributed by atoms with Gasteiger partial charge >= 0.3 is 0 Å². The quantitative estimate of drug-likeness (QED) is 0.411. The van der Waals surface area contributed by atoms with Crippen LogP contribution in [0.2, 0.25) is 5.02 Å². The van der Waals surface area contributed by atoms with Crippen molar-refractivity contribution >= 4 is 56.6 Å². The van der Waals surface area contributed by atoms with Crippen LogP contribution in [-0.2, 0) is 15.1 Å². The number of aromatic nitrogens is 2. The Morgan fingerprint density at radius 1 is 1.28 bits per heavy atom. The Morgan fingerprint density at radius 2 is 2.10 bits per heavy atom. The molecule has 8 heteroatoms. The van der Waals surface area contributed by atoms with E-state index in [1.165, 1.54) is 18.1 Å². The fraction of sp³-hybridized carbons (Fsp3) is 0.333. The zero-order valence-electron chi connectivity index (χ0n) is 15.9. The molecule has 1 fully saturated rings. The van der Waals surface area contributed by atoms with Crippen LogP contribution in [0.25, 0.3) is 10.2 Å². The number of benzene rings is 1. The molecule has 3 aromatic rings. The van der Waals surface area contributed by atoms with Crippen molar-refractivity contribution in [1.82, 2.24) is 14.9 Å². The third-order valence-electron chi connectivity index (χ3n) is 5.48. The van der Waals surface area contributed by atoms with E-state index in [0.717, 1.165) is 33.6 Å².